The lowest BCUT2D eigenvalue weighted by Crippen LogP contribution is -2.25. The highest BCUT2D eigenvalue weighted by molar-refractivity contribution is 7.99. The van der Waals surface area contributed by atoms with Crippen LogP contribution in [0.2, 0.25) is 0 Å². The number of aromatic nitrogens is 3. The third-order valence-electron chi connectivity index (χ3n) is 3.81. The number of nitro groups is 1. The maximum absolute atomic E-state index is 12.0. The second-order valence-corrected chi connectivity index (χ2v) is 6.89. The maximum atomic E-state index is 12.0. The summed E-state index contributed by atoms with van der Waals surface area (Å²) in [5, 5.41) is 25.6. The quantitative estimate of drug-likeness (QED) is 0.154. The lowest BCUT2D eigenvalue weighted by molar-refractivity contribution is -0.384. The fraction of sp³-hybridized carbons (Fsp3) is 0.111. The average molecular weight is 426 g/mol. The Morgan fingerprint density at radius 3 is 2.63 bits per heavy atom. The number of carbonyl (C=O) groups is 1. The Hall–Kier alpha value is -3.93. The second kappa shape index (κ2) is 10.0. The molecule has 30 heavy (non-hydrogen) atoms. The molecule has 0 fully saturated rings. The standard InChI is InChI=1S/C18H18N8O3S/c19-25-17(22-21-11-14-6-8-15(9-7-14)26(28)29)23-24-18(25)30-12-16(27)20-10-13-4-2-1-3-5-13/h1-9,11H,10,12,19H2,(H,20,27)(H,22,23)/b21-11+. The zero-order valence-corrected chi connectivity index (χ0v) is 16.5. The van der Waals surface area contributed by atoms with Gasteiger partial charge in [0.2, 0.25) is 11.1 Å². The largest absolute Gasteiger partial charge is 0.351 e. The number of hydrogen-bond acceptors (Lipinski definition) is 9. The van der Waals surface area contributed by atoms with E-state index in [4.69, 9.17) is 5.84 Å². The van der Waals surface area contributed by atoms with Crippen LogP contribution in [0.3, 0.4) is 0 Å². The minimum absolute atomic E-state index is 0.00344. The van der Waals surface area contributed by atoms with Crippen molar-refractivity contribution in [3.8, 4) is 0 Å². The zero-order chi connectivity index (χ0) is 21.3. The van der Waals surface area contributed by atoms with Gasteiger partial charge in [-0.15, -0.1) is 10.2 Å². The first-order valence-corrected chi connectivity index (χ1v) is 9.69. The van der Waals surface area contributed by atoms with E-state index in [1.807, 2.05) is 30.3 Å². The maximum Gasteiger partial charge on any atom is 0.269 e. The van der Waals surface area contributed by atoms with E-state index in [1.54, 1.807) is 12.1 Å². The topological polar surface area (TPSA) is 153 Å². The van der Waals surface area contributed by atoms with Crippen LogP contribution >= 0.6 is 11.8 Å². The summed E-state index contributed by atoms with van der Waals surface area (Å²) in [6.07, 6.45) is 1.46. The summed E-state index contributed by atoms with van der Waals surface area (Å²) < 4.78 is 1.18. The molecule has 1 aromatic heterocycles. The molecule has 154 valence electrons. The average Bonchev–Trinajstić information content (AvgIpc) is 3.11. The number of hydrazone groups is 1. The molecule has 0 spiro atoms. The number of nitrogens with zero attached hydrogens (tertiary/aromatic N) is 5. The first-order valence-electron chi connectivity index (χ1n) is 8.70. The number of nitrogen functional groups attached to an aromatic ring is 1. The summed E-state index contributed by atoms with van der Waals surface area (Å²) in [7, 11) is 0. The highest BCUT2D eigenvalue weighted by Crippen LogP contribution is 2.16. The molecule has 11 nitrogen and oxygen atoms in total. The van der Waals surface area contributed by atoms with Gasteiger partial charge in [0.15, 0.2) is 0 Å². The summed E-state index contributed by atoms with van der Waals surface area (Å²) in [4.78, 5) is 22.2. The Bertz CT molecular complexity index is 1040. The Balaban J connectivity index is 1.48. The fourth-order valence-electron chi connectivity index (χ4n) is 2.28. The lowest BCUT2D eigenvalue weighted by Gasteiger charge is -2.05. The van der Waals surface area contributed by atoms with Crippen LogP contribution in [0.1, 0.15) is 11.1 Å². The highest BCUT2D eigenvalue weighted by Gasteiger charge is 2.12. The Morgan fingerprint density at radius 1 is 1.20 bits per heavy atom. The second-order valence-electron chi connectivity index (χ2n) is 5.95. The number of benzene rings is 2. The summed E-state index contributed by atoms with van der Waals surface area (Å²) in [6.45, 7) is 0.444. The van der Waals surface area contributed by atoms with E-state index in [0.717, 1.165) is 17.3 Å². The van der Waals surface area contributed by atoms with Crippen LogP contribution in [0.4, 0.5) is 11.6 Å². The SMILES string of the molecule is Nn1c(N/N=C/c2ccc([N+](=O)[O-])cc2)nnc1SCC(=O)NCc1ccccc1. The van der Waals surface area contributed by atoms with Crippen molar-refractivity contribution in [3.05, 3.63) is 75.8 Å². The van der Waals surface area contributed by atoms with E-state index in [-0.39, 0.29) is 23.3 Å². The van der Waals surface area contributed by atoms with Crippen molar-refractivity contribution < 1.29 is 9.72 Å². The lowest BCUT2D eigenvalue weighted by atomic mass is 10.2. The number of non-ortho nitro benzene ring substituents is 1. The number of thioether (sulfide) groups is 1. The molecule has 0 saturated heterocycles. The van der Waals surface area contributed by atoms with Crippen LogP contribution in [0.25, 0.3) is 0 Å². The number of amides is 1. The molecular weight excluding hydrogens is 408 g/mol. The van der Waals surface area contributed by atoms with E-state index >= 15 is 0 Å². The van der Waals surface area contributed by atoms with E-state index in [2.05, 4.69) is 26.0 Å². The monoisotopic (exact) mass is 426 g/mol. The molecule has 1 heterocycles. The van der Waals surface area contributed by atoms with Crippen molar-refractivity contribution in [1.29, 1.82) is 0 Å². The van der Waals surface area contributed by atoms with Gasteiger partial charge < -0.3 is 11.2 Å². The van der Waals surface area contributed by atoms with Gasteiger partial charge in [-0.05, 0) is 23.3 Å². The van der Waals surface area contributed by atoms with Gasteiger partial charge in [0, 0.05) is 18.7 Å². The van der Waals surface area contributed by atoms with Crippen LogP contribution in [-0.4, -0.2) is 37.7 Å². The molecule has 0 aliphatic carbocycles. The van der Waals surface area contributed by atoms with E-state index in [0.29, 0.717) is 17.3 Å². The fourth-order valence-corrected chi connectivity index (χ4v) is 2.96. The van der Waals surface area contributed by atoms with Crippen molar-refractivity contribution in [3.63, 3.8) is 0 Å². The van der Waals surface area contributed by atoms with Gasteiger partial charge in [0.05, 0.1) is 16.9 Å². The predicted octanol–water partition coefficient (Wildman–Crippen LogP) is 1.75. The van der Waals surface area contributed by atoms with E-state index < -0.39 is 4.92 Å². The normalized spacial score (nSPS) is 10.8. The molecule has 2 aromatic carbocycles. The molecule has 0 aliphatic rings. The van der Waals surface area contributed by atoms with Gasteiger partial charge in [-0.1, -0.05) is 42.1 Å². The zero-order valence-electron chi connectivity index (χ0n) is 15.6. The Morgan fingerprint density at radius 2 is 1.93 bits per heavy atom. The number of nitro benzene ring substituents is 1. The van der Waals surface area contributed by atoms with Crippen LogP contribution < -0.4 is 16.6 Å². The summed E-state index contributed by atoms with van der Waals surface area (Å²) in [6, 6.07) is 15.5. The smallest absolute Gasteiger partial charge is 0.269 e. The third-order valence-corrected chi connectivity index (χ3v) is 4.75. The van der Waals surface area contributed by atoms with Crippen molar-refractivity contribution >= 4 is 35.5 Å². The van der Waals surface area contributed by atoms with Gasteiger partial charge in [-0.25, -0.2) is 10.1 Å². The van der Waals surface area contributed by atoms with E-state index in [1.165, 1.54) is 23.0 Å². The highest BCUT2D eigenvalue weighted by atomic mass is 32.2. The molecule has 12 heteroatoms. The molecule has 1 amide bonds. The van der Waals surface area contributed by atoms with Crippen molar-refractivity contribution in [1.82, 2.24) is 20.2 Å². The molecule has 0 aliphatic heterocycles. The number of carbonyl (C=O) groups excluding carboxylic acids is 1. The summed E-state index contributed by atoms with van der Waals surface area (Å²) >= 11 is 1.14. The molecular formula is C18H18N8O3S. The molecule has 0 atom stereocenters. The van der Waals surface area contributed by atoms with Crippen molar-refractivity contribution in [2.45, 2.75) is 11.7 Å². The predicted molar refractivity (Wildman–Crippen MR) is 113 cm³/mol. The summed E-state index contributed by atoms with van der Waals surface area (Å²) in [5.41, 5.74) is 4.30. The molecule has 3 aromatic rings. The summed E-state index contributed by atoms with van der Waals surface area (Å²) in [5.74, 6) is 6.07. The van der Waals surface area contributed by atoms with Crippen LogP contribution in [0.5, 0.6) is 0 Å². The van der Waals surface area contributed by atoms with Gasteiger partial charge >= 0.3 is 0 Å². The van der Waals surface area contributed by atoms with Crippen LogP contribution in [0, 0.1) is 10.1 Å². The Kier molecular flexibility index (Phi) is 6.95. The van der Waals surface area contributed by atoms with Gasteiger partial charge in [-0.2, -0.15) is 5.10 Å². The third kappa shape index (κ3) is 5.78. The molecule has 3 rings (SSSR count). The molecule has 0 radical (unpaired) electrons. The van der Waals surface area contributed by atoms with Gasteiger partial charge in [0.25, 0.3) is 11.6 Å². The first kappa shape index (κ1) is 20.8. The number of nitrogens with one attached hydrogen (secondary N) is 2. The van der Waals surface area contributed by atoms with E-state index in [9.17, 15) is 14.9 Å². The Labute approximate surface area is 175 Å². The molecule has 4 N–H and O–H groups in total. The number of rotatable bonds is 9. The minimum Gasteiger partial charge on any atom is -0.351 e. The van der Waals surface area contributed by atoms with Gasteiger partial charge in [-0.3, -0.25) is 14.9 Å². The first-order chi connectivity index (χ1) is 14.5. The minimum atomic E-state index is -0.475. The number of anilines is 1. The van der Waals surface area contributed by atoms with Gasteiger partial charge in [0.1, 0.15) is 0 Å². The van der Waals surface area contributed by atoms with Crippen LogP contribution in [0.15, 0.2) is 64.9 Å². The molecule has 0 bridgehead atoms. The van der Waals surface area contributed by atoms with Crippen molar-refractivity contribution in [2.75, 3.05) is 17.0 Å². The molecule has 0 unspecified atom stereocenters. The molecule has 0 saturated carbocycles. The number of nitrogens with two attached hydrogens (primary N) is 1. The number of hydrogen-bond donors (Lipinski definition) is 3. The van der Waals surface area contributed by atoms with Crippen LogP contribution in [-0.2, 0) is 11.3 Å². The van der Waals surface area contributed by atoms with Crippen molar-refractivity contribution in [2.24, 2.45) is 5.10 Å².